The van der Waals surface area contributed by atoms with Crippen LogP contribution < -0.4 is 24.4 Å². The van der Waals surface area contributed by atoms with Gasteiger partial charge in [0.1, 0.15) is 19.1 Å². The Labute approximate surface area is 218 Å². The summed E-state index contributed by atoms with van der Waals surface area (Å²) in [5.41, 5.74) is 2.35. The Kier molecular flexibility index (Phi) is 5.01. The number of cyclic esters (lactones) is 2. The summed E-state index contributed by atoms with van der Waals surface area (Å²) in [5, 5.41) is 3.64. The van der Waals surface area contributed by atoms with Crippen LogP contribution in [-0.2, 0) is 19.1 Å². The second-order valence-corrected chi connectivity index (χ2v) is 9.54. The second-order valence-electron chi connectivity index (χ2n) is 9.54. The Morgan fingerprint density at radius 3 is 2.47 bits per heavy atom. The highest BCUT2D eigenvalue weighted by molar-refractivity contribution is 5.99. The molecule has 0 aliphatic carbocycles. The quantitative estimate of drug-likeness (QED) is 0.512. The number of ether oxygens (including phenoxy) is 5. The van der Waals surface area contributed by atoms with Gasteiger partial charge in [0.05, 0.1) is 18.4 Å². The molecule has 0 unspecified atom stereocenters. The third kappa shape index (κ3) is 3.17. The molecule has 0 radical (unpaired) electrons. The minimum absolute atomic E-state index is 0.0581. The van der Waals surface area contributed by atoms with Gasteiger partial charge in [-0.05, 0) is 42.0 Å². The molecule has 0 bridgehead atoms. The summed E-state index contributed by atoms with van der Waals surface area (Å²) in [6, 6.07) is 22.9. The lowest BCUT2D eigenvalue weighted by molar-refractivity contribution is -0.141. The molecular weight excluding hydrogens is 488 g/mol. The molecule has 4 aliphatic heterocycles. The van der Waals surface area contributed by atoms with Crippen molar-refractivity contribution >= 4 is 23.3 Å². The van der Waals surface area contributed by atoms with Gasteiger partial charge in [-0.2, -0.15) is 0 Å². The topological polar surface area (TPSA) is 95.6 Å². The molecule has 0 saturated carbocycles. The lowest BCUT2D eigenvalue weighted by atomic mass is 9.70. The number of rotatable bonds is 5. The molecule has 1 fully saturated rings. The third-order valence-electron chi connectivity index (χ3n) is 7.58. The van der Waals surface area contributed by atoms with Crippen molar-refractivity contribution in [2.45, 2.75) is 11.6 Å². The van der Waals surface area contributed by atoms with Crippen molar-refractivity contribution in [2.75, 3.05) is 37.3 Å². The normalized spacial score (nSPS) is 25.0. The van der Waals surface area contributed by atoms with E-state index in [0.717, 1.165) is 11.4 Å². The fraction of sp³-hybridized carbons (Fsp3) is 0.241. The lowest BCUT2D eigenvalue weighted by Gasteiger charge is -2.50. The van der Waals surface area contributed by atoms with Crippen LogP contribution in [0.3, 0.4) is 0 Å². The lowest BCUT2D eigenvalue weighted by Crippen LogP contribution is -2.64. The minimum Gasteiger partial charge on any atom is -0.493 e. The molecule has 3 atom stereocenters. The van der Waals surface area contributed by atoms with Crippen LogP contribution in [0.4, 0.5) is 11.4 Å². The standard InChI is InChI=1S/C29H24N2O7/c1-34-21-12-17(13-22-26(21)38-16-37-22)23-24-20(14-35-27(24)32)31(19-10-6-3-7-11-19)29(15-36-28(33)25(23)29)30-18-8-4-2-5-9-18/h2-13,23,25,30H,14-16H2,1H3/t23-,25-,29-/m0/s1. The predicted octanol–water partition coefficient (Wildman–Crippen LogP) is 3.82. The number of carbonyl (C=O) groups is 2. The summed E-state index contributed by atoms with van der Waals surface area (Å²) in [4.78, 5) is 29.1. The third-order valence-corrected chi connectivity index (χ3v) is 7.58. The second kappa shape index (κ2) is 8.44. The maximum atomic E-state index is 13.7. The van der Waals surface area contributed by atoms with E-state index in [1.807, 2.05) is 71.6 Å². The van der Waals surface area contributed by atoms with E-state index in [9.17, 15) is 9.59 Å². The molecule has 1 saturated heterocycles. The number of hydrogen-bond donors (Lipinski definition) is 1. The summed E-state index contributed by atoms with van der Waals surface area (Å²) in [6.07, 6.45) is 0. The summed E-state index contributed by atoms with van der Waals surface area (Å²) < 4.78 is 28.3. The molecule has 3 aromatic rings. The molecule has 38 heavy (non-hydrogen) atoms. The molecule has 0 spiro atoms. The summed E-state index contributed by atoms with van der Waals surface area (Å²) in [5.74, 6) is -0.929. The van der Waals surface area contributed by atoms with Crippen LogP contribution in [0, 0.1) is 5.92 Å². The van der Waals surface area contributed by atoms with E-state index in [2.05, 4.69) is 5.32 Å². The zero-order chi connectivity index (χ0) is 25.9. The molecule has 1 N–H and O–H groups in total. The highest BCUT2D eigenvalue weighted by atomic mass is 16.7. The first-order valence-electron chi connectivity index (χ1n) is 12.3. The smallest absolute Gasteiger partial charge is 0.336 e. The molecule has 9 heteroatoms. The number of anilines is 2. The number of esters is 2. The van der Waals surface area contributed by atoms with Gasteiger partial charge in [0.2, 0.25) is 12.5 Å². The maximum absolute atomic E-state index is 13.7. The van der Waals surface area contributed by atoms with Crippen LogP contribution in [0.1, 0.15) is 11.5 Å². The SMILES string of the molecule is COc1cc([C@H]2C3=C(COC3=O)N(c3ccccc3)[C@@]3(Nc4ccccc4)COC(=O)[C@H]23)cc2c1OCO2. The Hall–Kier alpha value is -4.66. The van der Waals surface area contributed by atoms with E-state index in [1.165, 1.54) is 0 Å². The van der Waals surface area contributed by atoms with Crippen molar-refractivity contribution in [2.24, 2.45) is 5.92 Å². The maximum Gasteiger partial charge on any atom is 0.336 e. The van der Waals surface area contributed by atoms with E-state index in [1.54, 1.807) is 13.2 Å². The van der Waals surface area contributed by atoms with Crippen molar-refractivity contribution in [3.8, 4) is 17.2 Å². The van der Waals surface area contributed by atoms with E-state index in [0.29, 0.717) is 34.1 Å². The monoisotopic (exact) mass is 512 g/mol. The van der Waals surface area contributed by atoms with Crippen molar-refractivity contribution in [3.63, 3.8) is 0 Å². The Morgan fingerprint density at radius 1 is 0.947 bits per heavy atom. The number of fused-ring (bicyclic) bond motifs is 2. The summed E-state index contributed by atoms with van der Waals surface area (Å²) >= 11 is 0. The fourth-order valence-electron chi connectivity index (χ4n) is 6.07. The number of carbonyl (C=O) groups excluding carboxylic acids is 2. The van der Waals surface area contributed by atoms with Gasteiger partial charge in [0.25, 0.3) is 0 Å². The first kappa shape index (κ1) is 22.5. The van der Waals surface area contributed by atoms with Gasteiger partial charge in [-0.15, -0.1) is 0 Å². The highest BCUT2D eigenvalue weighted by Gasteiger charge is 2.65. The van der Waals surface area contributed by atoms with Gasteiger partial charge in [-0.25, -0.2) is 4.79 Å². The van der Waals surface area contributed by atoms with E-state index in [4.69, 9.17) is 23.7 Å². The Morgan fingerprint density at radius 2 is 1.71 bits per heavy atom. The molecule has 4 aliphatic rings. The van der Waals surface area contributed by atoms with Crippen LogP contribution in [0.2, 0.25) is 0 Å². The van der Waals surface area contributed by atoms with Crippen LogP contribution in [0.5, 0.6) is 17.2 Å². The van der Waals surface area contributed by atoms with Crippen molar-refractivity contribution < 1.29 is 33.3 Å². The molecule has 192 valence electrons. The molecule has 7 rings (SSSR count). The predicted molar refractivity (Wildman–Crippen MR) is 136 cm³/mol. The van der Waals surface area contributed by atoms with E-state index >= 15 is 0 Å². The number of benzene rings is 3. The van der Waals surface area contributed by atoms with E-state index in [-0.39, 0.29) is 20.0 Å². The van der Waals surface area contributed by atoms with Crippen molar-refractivity contribution in [3.05, 3.63) is 89.6 Å². The highest BCUT2D eigenvalue weighted by Crippen LogP contribution is 2.56. The first-order chi connectivity index (χ1) is 18.6. The average molecular weight is 513 g/mol. The number of nitrogens with one attached hydrogen (secondary N) is 1. The van der Waals surface area contributed by atoms with Crippen LogP contribution >= 0.6 is 0 Å². The first-order valence-corrected chi connectivity index (χ1v) is 12.3. The molecular formula is C29H24N2O7. The number of methoxy groups -OCH3 is 1. The summed E-state index contributed by atoms with van der Waals surface area (Å²) in [7, 11) is 1.54. The van der Waals surface area contributed by atoms with E-state index < -0.39 is 29.4 Å². The zero-order valence-electron chi connectivity index (χ0n) is 20.5. The average Bonchev–Trinajstić information content (AvgIpc) is 3.66. The number of hydrogen-bond acceptors (Lipinski definition) is 9. The Balaban J connectivity index is 1.50. The van der Waals surface area contributed by atoms with Crippen molar-refractivity contribution in [1.29, 1.82) is 0 Å². The van der Waals surface area contributed by atoms with Crippen LogP contribution in [0.25, 0.3) is 0 Å². The molecule has 0 aromatic heterocycles. The minimum atomic E-state index is -1.05. The van der Waals surface area contributed by atoms with Gasteiger partial charge in [-0.1, -0.05) is 36.4 Å². The Bertz CT molecular complexity index is 1470. The molecule has 0 amide bonds. The molecule has 9 nitrogen and oxygen atoms in total. The van der Waals surface area contributed by atoms with Gasteiger partial charge >= 0.3 is 11.9 Å². The number of nitrogens with zero attached hydrogens (tertiary/aromatic N) is 1. The fourth-order valence-corrected chi connectivity index (χ4v) is 6.07. The zero-order valence-corrected chi connectivity index (χ0v) is 20.5. The van der Waals surface area contributed by atoms with Gasteiger partial charge in [0.15, 0.2) is 17.2 Å². The summed E-state index contributed by atoms with van der Waals surface area (Å²) in [6.45, 7) is 0.187. The van der Waals surface area contributed by atoms with Crippen LogP contribution in [-0.4, -0.2) is 44.7 Å². The van der Waals surface area contributed by atoms with Crippen molar-refractivity contribution in [1.82, 2.24) is 0 Å². The largest absolute Gasteiger partial charge is 0.493 e. The van der Waals surface area contributed by atoms with Crippen LogP contribution in [0.15, 0.2) is 84.1 Å². The number of para-hydroxylation sites is 2. The molecule has 3 aromatic carbocycles. The molecule has 4 heterocycles. The van der Waals surface area contributed by atoms with Gasteiger partial charge in [0, 0.05) is 17.3 Å². The van der Waals surface area contributed by atoms with Gasteiger partial charge < -0.3 is 33.9 Å². The van der Waals surface area contributed by atoms with Gasteiger partial charge in [-0.3, -0.25) is 4.79 Å².